The summed E-state index contributed by atoms with van der Waals surface area (Å²) in [4.78, 5) is 25.6. The number of amides is 1. The van der Waals surface area contributed by atoms with Crippen molar-refractivity contribution in [3.8, 4) is 0 Å². The number of hydrogen-bond donors (Lipinski definition) is 2. The van der Waals surface area contributed by atoms with Gasteiger partial charge in [0.25, 0.3) is 0 Å². The van der Waals surface area contributed by atoms with Crippen molar-refractivity contribution in [1.82, 2.24) is 0 Å². The molecular weight excluding hydrogens is 352 g/mol. The maximum atomic E-state index is 11.6. The third-order valence-corrected chi connectivity index (χ3v) is 4.96. The van der Waals surface area contributed by atoms with E-state index in [1.807, 2.05) is 24.3 Å². The van der Waals surface area contributed by atoms with Gasteiger partial charge in [0.2, 0.25) is 5.91 Å². The van der Waals surface area contributed by atoms with E-state index in [1.54, 1.807) is 19.1 Å². The summed E-state index contributed by atoms with van der Waals surface area (Å²) in [7, 11) is 0. The standard InChI is InChI=1S/C23H26N2O3/c1-2-22(26)24-20-13-11-17(16-19(20)23(27)28)10-12-18-8-4-5-9-21(18)25-14-6-3-7-15-25/h4-5,8-13,16H,2-3,6-7,14-15H2,1H3,(H,24,26)(H,27,28)/b12-10+. The van der Waals surface area contributed by atoms with E-state index < -0.39 is 5.97 Å². The highest BCUT2D eigenvalue weighted by Gasteiger charge is 2.14. The fourth-order valence-electron chi connectivity index (χ4n) is 3.43. The van der Waals surface area contributed by atoms with Gasteiger partial charge in [-0.1, -0.05) is 43.3 Å². The summed E-state index contributed by atoms with van der Waals surface area (Å²) in [5, 5.41) is 12.1. The first-order valence-corrected chi connectivity index (χ1v) is 9.77. The molecule has 0 aliphatic carbocycles. The summed E-state index contributed by atoms with van der Waals surface area (Å²) < 4.78 is 0. The number of nitrogens with zero attached hydrogens (tertiary/aromatic N) is 1. The van der Waals surface area contributed by atoms with Gasteiger partial charge in [0.1, 0.15) is 0 Å². The summed E-state index contributed by atoms with van der Waals surface area (Å²) in [5.41, 5.74) is 3.52. The molecule has 0 unspecified atom stereocenters. The smallest absolute Gasteiger partial charge is 0.337 e. The molecule has 0 atom stereocenters. The van der Waals surface area contributed by atoms with Crippen molar-refractivity contribution in [3.05, 3.63) is 59.2 Å². The Labute approximate surface area is 165 Å². The molecule has 1 fully saturated rings. The number of aromatic carboxylic acids is 1. The number of benzene rings is 2. The largest absolute Gasteiger partial charge is 0.478 e. The lowest BCUT2D eigenvalue weighted by Crippen LogP contribution is -2.29. The van der Waals surface area contributed by atoms with Crippen LogP contribution in [0.2, 0.25) is 0 Å². The Morgan fingerprint density at radius 3 is 2.54 bits per heavy atom. The van der Waals surface area contributed by atoms with Gasteiger partial charge in [0.05, 0.1) is 11.3 Å². The van der Waals surface area contributed by atoms with Crippen molar-refractivity contribution in [2.45, 2.75) is 32.6 Å². The third-order valence-electron chi connectivity index (χ3n) is 4.96. The molecule has 0 bridgehead atoms. The number of carbonyl (C=O) groups excluding carboxylic acids is 1. The first-order valence-electron chi connectivity index (χ1n) is 9.77. The Hall–Kier alpha value is -3.08. The van der Waals surface area contributed by atoms with E-state index in [-0.39, 0.29) is 11.5 Å². The molecule has 0 aromatic heterocycles. The second-order valence-corrected chi connectivity index (χ2v) is 6.95. The maximum absolute atomic E-state index is 11.6. The molecule has 1 aliphatic heterocycles. The van der Waals surface area contributed by atoms with E-state index in [4.69, 9.17) is 0 Å². The van der Waals surface area contributed by atoms with Crippen LogP contribution in [-0.4, -0.2) is 30.1 Å². The van der Waals surface area contributed by atoms with Gasteiger partial charge in [-0.25, -0.2) is 4.79 Å². The topological polar surface area (TPSA) is 69.6 Å². The minimum atomic E-state index is -1.06. The molecule has 1 amide bonds. The quantitative estimate of drug-likeness (QED) is 0.702. The highest BCUT2D eigenvalue weighted by atomic mass is 16.4. The predicted octanol–water partition coefficient (Wildman–Crippen LogP) is 4.89. The van der Waals surface area contributed by atoms with Crippen LogP contribution in [0, 0.1) is 0 Å². The minimum absolute atomic E-state index is 0.0910. The lowest BCUT2D eigenvalue weighted by atomic mass is 10.0. The SMILES string of the molecule is CCC(=O)Nc1ccc(/C=C/c2ccccc2N2CCCCC2)cc1C(=O)O. The van der Waals surface area contributed by atoms with Crippen LogP contribution in [-0.2, 0) is 4.79 Å². The average Bonchev–Trinajstić information content (AvgIpc) is 2.73. The number of anilines is 2. The van der Waals surface area contributed by atoms with Gasteiger partial charge in [0.15, 0.2) is 0 Å². The number of nitrogens with one attached hydrogen (secondary N) is 1. The van der Waals surface area contributed by atoms with Gasteiger partial charge in [-0.2, -0.15) is 0 Å². The molecule has 1 aliphatic rings. The van der Waals surface area contributed by atoms with Gasteiger partial charge in [0, 0.05) is 25.2 Å². The first-order chi connectivity index (χ1) is 13.6. The molecular formula is C23H26N2O3. The van der Waals surface area contributed by atoms with Crippen LogP contribution >= 0.6 is 0 Å². The second-order valence-electron chi connectivity index (χ2n) is 6.95. The molecule has 0 saturated carbocycles. The molecule has 5 nitrogen and oxygen atoms in total. The van der Waals surface area contributed by atoms with Gasteiger partial charge in [-0.3, -0.25) is 4.79 Å². The molecule has 0 spiro atoms. The zero-order valence-electron chi connectivity index (χ0n) is 16.1. The maximum Gasteiger partial charge on any atom is 0.337 e. The zero-order valence-corrected chi connectivity index (χ0v) is 16.1. The van der Waals surface area contributed by atoms with Crippen LogP contribution in [0.25, 0.3) is 12.2 Å². The van der Waals surface area contributed by atoms with Gasteiger partial charge < -0.3 is 15.3 Å². The van der Waals surface area contributed by atoms with Crippen LogP contribution in [0.15, 0.2) is 42.5 Å². The molecule has 146 valence electrons. The molecule has 1 heterocycles. The average molecular weight is 378 g/mol. The summed E-state index contributed by atoms with van der Waals surface area (Å²) in [6.45, 7) is 3.87. The van der Waals surface area contributed by atoms with Crippen molar-refractivity contribution < 1.29 is 14.7 Å². The molecule has 0 radical (unpaired) electrons. The van der Waals surface area contributed by atoms with Crippen molar-refractivity contribution in [1.29, 1.82) is 0 Å². The summed E-state index contributed by atoms with van der Waals surface area (Å²) in [6, 6.07) is 13.3. The van der Waals surface area contributed by atoms with Crippen molar-refractivity contribution in [2.75, 3.05) is 23.3 Å². The molecule has 1 saturated heterocycles. The minimum Gasteiger partial charge on any atom is -0.478 e. The van der Waals surface area contributed by atoms with E-state index in [0.717, 1.165) is 24.2 Å². The lowest BCUT2D eigenvalue weighted by Gasteiger charge is -2.30. The van der Waals surface area contributed by atoms with E-state index >= 15 is 0 Å². The molecule has 2 aromatic rings. The number of piperidine rings is 1. The van der Waals surface area contributed by atoms with E-state index in [9.17, 15) is 14.7 Å². The van der Waals surface area contributed by atoms with Gasteiger partial charge in [-0.15, -0.1) is 0 Å². The Bertz CT molecular complexity index is 883. The van der Waals surface area contributed by atoms with Crippen molar-refractivity contribution in [3.63, 3.8) is 0 Å². The fraction of sp³-hybridized carbons (Fsp3) is 0.304. The zero-order chi connectivity index (χ0) is 19.9. The van der Waals surface area contributed by atoms with E-state index in [0.29, 0.717) is 12.1 Å². The van der Waals surface area contributed by atoms with Gasteiger partial charge in [-0.05, 0) is 48.6 Å². The number of rotatable bonds is 6. The molecule has 28 heavy (non-hydrogen) atoms. The molecule has 2 N–H and O–H groups in total. The highest BCUT2D eigenvalue weighted by Crippen LogP contribution is 2.26. The fourth-order valence-corrected chi connectivity index (χ4v) is 3.43. The number of para-hydroxylation sites is 1. The third kappa shape index (κ3) is 4.80. The number of carboxylic acid groups (broad SMARTS) is 1. The lowest BCUT2D eigenvalue weighted by molar-refractivity contribution is -0.115. The van der Waals surface area contributed by atoms with Crippen LogP contribution in [0.4, 0.5) is 11.4 Å². The monoisotopic (exact) mass is 378 g/mol. The highest BCUT2D eigenvalue weighted by molar-refractivity contribution is 6.01. The summed E-state index contributed by atoms with van der Waals surface area (Å²) in [6.07, 6.45) is 7.95. The summed E-state index contributed by atoms with van der Waals surface area (Å²) in [5.74, 6) is -1.27. The van der Waals surface area contributed by atoms with Gasteiger partial charge >= 0.3 is 5.97 Å². The Balaban J connectivity index is 1.85. The van der Waals surface area contributed by atoms with Crippen LogP contribution in [0.1, 0.15) is 54.1 Å². The number of hydrogen-bond acceptors (Lipinski definition) is 3. The Kier molecular flexibility index (Phi) is 6.48. The first kappa shape index (κ1) is 19.7. The number of carbonyl (C=O) groups is 2. The van der Waals surface area contributed by atoms with E-state index in [2.05, 4.69) is 28.4 Å². The molecule has 2 aromatic carbocycles. The normalized spacial score (nSPS) is 14.2. The predicted molar refractivity (Wildman–Crippen MR) is 114 cm³/mol. The van der Waals surface area contributed by atoms with Crippen LogP contribution in [0.5, 0.6) is 0 Å². The Morgan fingerprint density at radius 1 is 1.07 bits per heavy atom. The second kappa shape index (κ2) is 9.22. The van der Waals surface area contributed by atoms with Crippen molar-refractivity contribution >= 4 is 35.4 Å². The molecule has 3 rings (SSSR count). The summed E-state index contributed by atoms with van der Waals surface area (Å²) >= 11 is 0. The Morgan fingerprint density at radius 2 is 1.82 bits per heavy atom. The molecule has 5 heteroatoms. The van der Waals surface area contributed by atoms with E-state index in [1.165, 1.54) is 24.9 Å². The van der Waals surface area contributed by atoms with Crippen LogP contribution in [0.3, 0.4) is 0 Å². The number of carboxylic acids is 1. The van der Waals surface area contributed by atoms with Crippen LogP contribution < -0.4 is 10.2 Å². The van der Waals surface area contributed by atoms with Crippen molar-refractivity contribution in [2.24, 2.45) is 0 Å².